The third-order valence-electron chi connectivity index (χ3n) is 2.56. The molecule has 4 nitrogen and oxygen atoms in total. The Morgan fingerprint density at radius 1 is 1.53 bits per heavy atom. The maximum Gasteiger partial charge on any atom is 0.225 e. The molecule has 1 rings (SSSR count). The molecule has 0 radical (unpaired) electrons. The first kappa shape index (κ1) is 12.0. The molecular weight excluding hydrogens is 192 g/mol. The van der Waals surface area contributed by atoms with E-state index in [1.807, 2.05) is 6.92 Å². The number of hydrogen-bond acceptors (Lipinski definition) is 2. The highest BCUT2D eigenvalue weighted by Gasteiger charge is 2.28. The van der Waals surface area contributed by atoms with Crippen molar-refractivity contribution in [3.8, 4) is 0 Å². The van der Waals surface area contributed by atoms with E-state index >= 15 is 0 Å². The normalized spacial score (nSPS) is 22.7. The lowest BCUT2D eigenvalue weighted by molar-refractivity contribution is -0.127. The first-order valence-corrected chi connectivity index (χ1v) is 5.56. The summed E-state index contributed by atoms with van der Waals surface area (Å²) in [6, 6.07) is 0.188. The van der Waals surface area contributed by atoms with Crippen LogP contribution in [0.25, 0.3) is 0 Å². The van der Waals surface area contributed by atoms with Gasteiger partial charge in [-0.2, -0.15) is 0 Å². The topological polar surface area (TPSA) is 58.2 Å². The second-order valence-electron chi connectivity index (χ2n) is 4.74. The number of carbonyl (C=O) groups is 2. The molecule has 86 valence electrons. The molecule has 4 heteroatoms. The molecular formula is C11H20N2O2. The Bertz CT molecular complexity index is 251. The fourth-order valence-corrected chi connectivity index (χ4v) is 1.92. The summed E-state index contributed by atoms with van der Waals surface area (Å²) in [7, 11) is 0. The first-order chi connectivity index (χ1) is 6.99. The van der Waals surface area contributed by atoms with Crippen LogP contribution < -0.4 is 10.6 Å². The van der Waals surface area contributed by atoms with Gasteiger partial charge in [0.15, 0.2) is 0 Å². The van der Waals surface area contributed by atoms with Crippen LogP contribution in [0.4, 0.5) is 0 Å². The minimum absolute atomic E-state index is 0.00139. The van der Waals surface area contributed by atoms with E-state index < -0.39 is 0 Å². The Morgan fingerprint density at radius 3 is 2.67 bits per heavy atom. The number of amides is 2. The van der Waals surface area contributed by atoms with Crippen molar-refractivity contribution in [2.75, 3.05) is 6.54 Å². The molecule has 1 saturated heterocycles. The number of nitrogens with one attached hydrogen (secondary N) is 2. The van der Waals surface area contributed by atoms with Crippen molar-refractivity contribution < 1.29 is 9.59 Å². The Kier molecular flexibility index (Phi) is 4.12. The van der Waals surface area contributed by atoms with Crippen molar-refractivity contribution in [3.05, 3.63) is 0 Å². The van der Waals surface area contributed by atoms with E-state index in [9.17, 15) is 9.59 Å². The maximum absolute atomic E-state index is 11.7. The zero-order valence-corrected chi connectivity index (χ0v) is 9.67. The van der Waals surface area contributed by atoms with E-state index in [0.29, 0.717) is 18.9 Å². The first-order valence-electron chi connectivity index (χ1n) is 5.56. The second-order valence-corrected chi connectivity index (χ2v) is 4.74. The van der Waals surface area contributed by atoms with Crippen LogP contribution in [0, 0.1) is 11.8 Å². The molecule has 2 amide bonds. The van der Waals surface area contributed by atoms with Crippen LogP contribution in [0.3, 0.4) is 0 Å². The highest BCUT2D eigenvalue weighted by molar-refractivity contribution is 5.89. The lowest BCUT2D eigenvalue weighted by Crippen LogP contribution is -2.38. The lowest BCUT2D eigenvalue weighted by Gasteiger charge is -2.17. The summed E-state index contributed by atoms with van der Waals surface area (Å²) in [6.07, 6.45) is 1.31. The molecule has 0 bridgehead atoms. The van der Waals surface area contributed by atoms with Gasteiger partial charge in [0.1, 0.15) is 0 Å². The molecule has 0 aromatic carbocycles. The summed E-state index contributed by atoms with van der Waals surface area (Å²) in [5, 5.41) is 5.61. The number of carbonyl (C=O) groups excluding carboxylic acids is 2. The van der Waals surface area contributed by atoms with Crippen molar-refractivity contribution in [2.24, 2.45) is 11.8 Å². The Labute approximate surface area is 90.8 Å². The molecule has 15 heavy (non-hydrogen) atoms. The van der Waals surface area contributed by atoms with Gasteiger partial charge in [0, 0.05) is 19.0 Å². The number of rotatable bonds is 4. The summed E-state index contributed by atoms with van der Waals surface area (Å²) in [5.41, 5.74) is 0. The van der Waals surface area contributed by atoms with Crippen molar-refractivity contribution in [1.29, 1.82) is 0 Å². The Morgan fingerprint density at radius 2 is 2.20 bits per heavy atom. The highest BCUT2D eigenvalue weighted by Crippen LogP contribution is 2.10. The maximum atomic E-state index is 11.7. The average Bonchev–Trinajstić information content (AvgIpc) is 2.49. The van der Waals surface area contributed by atoms with Gasteiger partial charge in [0.25, 0.3) is 0 Å². The predicted octanol–water partition coefficient (Wildman–Crippen LogP) is 0.673. The van der Waals surface area contributed by atoms with E-state index in [0.717, 1.165) is 6.42 Å². The molecule has 0 aromatic rings. The number of hydrogen-bond donors (Lipinski definition) is 2. The molecule has 2 N–H and O–H groups in total. The third-order valence-corrected chi connectivity index (χ3v) is 2.56. The molecule has 1 aliphatic rings. The summed E-state index contributed by atoms with van der Waals surface area (Å²) < 4.78 is 0. The molecule has 0 saturated carbocycles. The van der Waals surface area contributed by atoms with E-state index in [2.05, 4.69) is 24.5 Å². The van der Waals surface area contributed by atoms with Gasteiger partial charge < -0.3 is 10.6 Å². The average molecular weight is 212 g/mol. The summed E-state index contributed by atoms with van der Waals surface area (Å²) in [5.74, 6) is 0.379. The summed E-state index contributed by atoms with van der Waals surface area (Å²) in [6.45, 7) is 6.74. The largest absolute Gasteiger partial charge is 0.355 e. The van der Waals surface area contributed by atoms with Gasteiger partial charge in [-0.25, -0.2) is 0 Å². The predicted molar refractivity (Wildman–Crippen MR) is 58.2 cm³/mol. The zero-order valence-electron chi connectivity index (χ0n) is 9.67. The van der Waals surface area contributed by atoms with Crippen LogP contribution in [0.5, 0.6) is 0 Å². The molecule has 2 atom stereocenters. The third kappa shape index (κ3) is 3.90. The summed E-state index contributed by atoms with van der Waals surface area (Å²) >= 11 is 0. The van der Waals surface area contributed by atoms with E-state index in [4.69, 9.17) is 0 Å². The van der Waals surface area contributed by atoms with Crippen LogP contribution in [0.1, 0.15) is 33.6 Å². The van der Waals surface area contributed by atoms with Gasteiger partial charge in [-0.1, -0.05) is 13.8 Å². The van der Waals surface area contributed by atoms with Crippen molar-refractivity contribution in [1.82, 2.24) is 10.6 Å². The van der Waals surface area contributed by atoms with Gasteiger partial charge in [-0.05, 0) is 19.3 Å². The van der Waals surface area contributed by atoms with E-state index in [1.54, 1.807) is 0 Å². The van der Waals surface area contributed by atoms with Crippen LogP contribution in [0.15, 0.2) is 0 Å². The smallest absolute Gasteiger partial charge is 0.225 e. The van der Waals surface area contributed by atoms with Crippen LogP contribution in [0.2, 0.25) is 0 Å². The quantitative estimate of drug-likeness (QED) is 0.719. The van der Waals surface area contributed by atoms with Gasteiger partial charge in [0.05, 0.1) is 5.92 Å². The van der Waals surface area contributed by atoms with Crippen molar-refractivity contribution in [2.45, 2.75) is 39.7 Å². The molecule has 1 aliphatic heterocycles. The van der Waals surface area contributed by atoms with Gasteiger partial charge in [0.2, 0.25) is 11.8 Å². The van der Waals surface area contributed by atoms with E-state index in [1.165, 1.54) is 0 Å². The lowest BCUT2D eigenvalue weighted by atomic mass is 10.0. The SMILES string of the molecule is CC(C)CC(C)NC(=O)C1CNC(=O)C1. The van der Waals surface area contributed by atoms with Crippen molar-refractivity contribution >= 4 is 11.8 Å². The van der Waals surface area contributed by atoms with Crippen LogP contribution in [-0.2, 0) is 9.59 Å². The molecule has 0 aliphatic carbocycles. The second kappa shape index (κ2) is 5.14. The van der Waals surface area contributed by atoms with E-state index in [-0.39, 0.29) is 23.8 Å². The Hall–Kier alpha value is -1.06. The van der Waals surface area contributed by atoms with Crippen molar-refractivity contribution in [3.63, 3.8) is 0 Å². The highest BCUT2D eigenvalue weighted by atomic mass is 16.2. The fourth-order valence-electron chi connectivity index (χ4n) is 1.92. The summed E-state index contributed by atoms with van der Waals surface area (Å²) in [4.78, 5) is 22.6. The van der Waals surface area contributed by atoms with Gasteiger partial charge in [-0.3, -0.25) is 9.59 Å². The van der Waals surface area contributed by atoms with Crippen LogP contribution >= 0.6 is 0 Å². The molecule has 0 aromatic heterocycles. The molecule has 0 spiro atoms. The fraction of sp³-hybridized carbons (Fsp3) is 0.818. The van der Waals surface area contributed by atoms with Crippen LogP contribution in [-0.4, -0.2) is 24.4 Å². The van der Waals surface area contributed by atoms with Gasteiger partial charge >= 0.3 is 0 Å². The van der Waals surface area contributed by atoms with Gasteiger partial charge in [-0.15, -0.1) is 0 Å². The zero-order chi connectivity index (χ0) is 11.4. The minimum Gasteiger partial charge on any atom is -0.355 e. The monoisotopic (exact) mass is 212 g/mol. The molecule has 2 unspecified atom stereocenters. The minimum atomic E-state index is -0.174. The Balaban J connectivity index is 2.32. The molecule has 1 heterocycles. The molecule has 1 fully saturated rings. The standard InChI is InChI=1S/C11H20N2O2/c1-7(2)4-8(3)13-11(15)9-5-10(14)12-6-9/h7-9H,4-6H2,1-3H3,(H,12,14)(H,13,15).